The van der Waals surface area contributed by atoms with Crippen molar-refractivity contribution in [1.29, 1.82) is 0 Å². The lowest BCUT2D eigenvalue weighted by Gasteiger charge is -2.16. The van der Waals surface area contributed by atoms with E-state index in [-0.39, 0.29) is 0 Å². The zero-order valence-corrected chi connectivity index (χ0v) is 15.2. The van der Waals surface area contributed by atoms with Gasteiger partial charge < -0.3 is 4.90 Å². The summed E-state index contributed by atoms with van der Waals surface area (Å²) < 4.78 is 2.16. The van der Waals surface area contributed by atoms with Gasteiger partial charge in [-0.1, -0.05) is 24.3 Å². The number of fused-ring (bicyclic) bond motifs is 1. The molecule has 0 saturated carbocycles. The standard InChI is InChI=1S/C22H25N2/c1-16-14-19(23(3)4)15-17(2)20(16)11-10-18-12-13-24(5)22-9-7-6-8-21(18)22/h6-15H,1-5H3/q+1. The molecule has 0 fully saturated rings. The van der Waals surface area contributed by atoms with Gasteiger partial charge in [-0.05, 0) is 54.3 Å². The molecule has 0 radical (unpaired) electrons. The molecule has 0 aliphatic carbocycles. The third-order valence-corrected chi connectivity index (χ3v) is 4.60. The predicted octanol–water partition coefficient (Wildman–Crippen LogP) is 4.52. The minimum absolute atomic E-state index is 1.25. The minimum Gasteiger partial charge on any atom is -0.378 e. The summed E-state index contributed by atoms with van der Waals surface area (Å²) in [5, 5.41) is 1.28. The molecule has 0 aliphatic rings. The monoisotopic (exact) mass is 317 g/mol. The Morgan fingerprint density at radius 3 is 2.25 bits per heavy atom. The Morgan fingerprint density at radius 1 is 0.917 bits per heavy atom. The fourth-order valence-electron chi connectivity index (χ4n) is 3.18. The third kappa shape index (κ3) is 3.05. The van der Waals surface area contributed by atoms with Crippen molar-refractivity contribution in [2.24, 2.45) is 7.05 Å². The first kappa shape index (κ1) is 16.3. The predicted molar refractivity (Wildman–Crippen MR) is 104 cm³/mol. The molecule has 0 atom stereocenters. The van der Waals surface area contributed by atoms with Gasteiger partial charge in [-0.15, -0.1) is 0 Å². The zero-order chi connectivity index (χ0) is 17.3. The van der Waals surface area contributed by atoms with Crippen molar-refractivity contribution in [2.75, 3.05) is 19.0 Å². The van der Waals surface area contributed by atoms with Crippen LogP contribution in [0.15, 0.2) is 48.7 Å². The van der Waals surface area contributed by atoms with Crippen LogP contribution in [0.5, 0.6) is 0 Å². The summed E-state index contributed by atoms with van der Waals surface area (Å²) in [5.74, 6) is 0. The fourth-order valence-corrected chi connectivity index (χ4v) is 3.18. The van der Waals surface area contributed by atoms with Crippen molar-refractivity contribution in [1.82, 2.24) is 0 Å². The molecular weight excluding hydrogens is 292 g/mol. The van der Waals surface area contributed by atoms with Gasteiger partial charge in [0.05, 0.1) is 5.39 Å². The zero-order valence-electron chi connectivity index (χ0n) is 15.2. The van der Waals surface area contributed by atoms with Gasteiger partial charge in [0.2, 0.25) is 5.52 Å². The molecule has 2 heteroatoms. The maximum Gasteiger partial charge on any atom is 0.212 e. The number of hydrogen-bond donors (Lipinski definition) is 0. The highest BCUT2D eigenvalue weighted by atomic mass is 15.1. The van der Waals surface area contributed by atoms with E-state index in [9.17, 15) is 0 Å². The molecule has 3 aromatic rings. The number of aryl methyl sites for hydroxylation is 3. The number of pyridine rings is 1. The van der Waals surface area contributed by atoms with Gasteiger partial charge in [0.15, 0.2) is 6.20 Å². The quantitative estimate of drug-likeness (QED) is 0.644. The van der Waals surface area contributed by atoms with E-state index in [0.29, 0.717) is 0 Å². The van der Waals surface area contributed by atoms with Crippen LogP contribution < -0.4 is 9.47 Å². The van der Waals surface area contributed by atoms with Gasteiger partial charge in [0.1, 0.15) is 7.05 Å². The van der Waals surface area contributed by atoms with Gasteiger partial charge in [-0.25, -0.2) is 4.57 Å². The van der Waals surface area contributed by atoms with Gasteiger partial charge >= 0.3 is 0 Å². The van der Waals surface area contributed by atoms with Crippen molar-refractivity contribution in [3.8, 4) is 0 Å². The van der Waals surface area contributed by atoms with Crippen LogP contribution >= 0.6 is 0 Å². The Bertz CT molecular complexity index is 897. The highest BCUT2D eigenvalue weighted by Crippen LogP contribution is 2.25. The molecule has 0 spiro atoms. The summed E-state index contributed by atoms with van der Waals surface area (Å²) in [5.41, 5.74) is 7.66. The minimum atomic E-state index is 1.25. The summed E-state index contributed by atoms with van der Waals surface area (Å²) in [6.07, 6.45) is 6.59. The average molecular weight is 317 g/mol. The SMILES string of the molecule is Cc1cc(N(C)C)cc(C)c1/C=C/c1cc[n+](C)c2ccccc12. The second-order valence-electron chi connectivity index (χ2n) is 6.62. The van der Waals surface area contributed by atoms with Crippen LogP contribution in [0.1, 0.15) is 22.3 Å². The second-order valence-corrected chi connectivity index (χ2v) is 6.62. The van der Waals surface area contributed by atoms with Crippen molar-refractivity contribution < 1.29 is 4.57 Å². The first-order chi connectivity index (χ1) is 11.5. The molecule has 0 bridgehead atoms. The van der Waals surface area contributed by atoms with Crippen LogP contribution in [-0.4, -0.2) is 14.1 Å². The lowest BCUT2D eigenvalue weighted by atomic mass is 9.99. The Hall–Kier alpha value is -2.61. The summed E-state index contributed by atoms with van der Waals surface area (Å²) in [4.78, 5) is 2.15. The van der Waals surface area contributed by atoms with Crippen molar-refractivity contribution >= 4 is 28.7 Å². The van der Waals surface area contributed by atoms with Crippen LogP contribution in [0, 0.1) is 13.8 Å². The molecule has 1 heterocycles. The average Bonchev–Trinajstić information content (AvgIpc) is 2.56. The molecule has 0 aliphatic heterocycles. The summed E-state index contributed by atoms with van der Waals surface area (Å²) in [7, 11) is 6.25. The highest BCUT2D eigenvalue weighted by molar-refractivity contribution is 5.89. The number of para-hydroxylation sites is 1. The summed E-state index contributed by atoms with van der Waals surface area (Å²) >= 11 is 0. The summed E-state index contributed by atoms with van der Waals surface area (Å²) in [6.45, 7) is 4.37. The summed E-state index contributed by atoms with van der Waals surface area (Å²) in [6, 6.07) is 15.2. The van der Waals surface area contributed by atoms with Gasteiger partial charge in [0, 0.05) is 31.9 Å². The number of hydrogen-bond acceptors (Lipinski definition) is 1. The van der Waals surface area contributed by atoms with E-state index in [4.69, 9.17) is 0 Å². The number of aromatic nitrogens is 1. The lowest BCUT2D eigenvalue weighted by molar-refractivity contribution is -0.644. The van der Waals surface area contributed by atoms with Gasteiger partial charge in [-0.2, -0.15) is 0 Å². The van der Waals surface area contributed by atoms with Gasteiger partial charge in [0.25, 0.3) is 0 Å². The van der Waals surface area contributed by atoms with E-state index in [2.05, 4.69) is 105 Å². The molecule has 3 rings (SSSR count). The fraction of sp³-hybridized carbons (Fsp3) is 0.227. The highest BCUT2D eigenvalue weighted by Gasteiger charge is 2.08. The number of anilines is 1. The lowest BCUT2D eigenvalue weighted by Crippen LogP contribution is -2.28. The Morgan fingerprint density at radius 2 is 1.58 bits per heavy atom. The topological polar surface area (TPSA) is 7.12 Å². The van der Waals surface area contributed by atoms with Crippen molar-refractivity contribution in [3.63, 3.8) is 0 Å². The molecule has 122 valence electrons. The third-order valence-electron chi connectivity index (χ3n) is 4.60. The number of benzene rings is 2. The first-order valence-electron chi connectivity index (χ1n) is 8.31. The van der Waals surface area contributed by atoms with E-state index in [1.165, 1.54) is 38.8 Å². The number of rotatable bonds is 3. The Kier molecular flexibility index (Phi) is 4.39. The molecule has 0 amide bonds. The maximum absolute atomic E-state index is 2.25. The van der Waals surface area contributed by atoms with E-state index in [0.717, 1.165) is 0 Å². The van der Waals surface area contributed by atoms with Crippen LogP contribution in [0.25, 0.3) is 23.1 Å². The first-order valence-corrected chi connectivity index (χ1v) is 8.31. The number of nitrogens with zero attached hydrogens (tertiary/aromatic N) is 2. The molecule has 0 N–H and O–H groups in total. The maximum atomic E-state index is 2.25. The van der Waals surface area contributed by atoms with E-state index in [1.54, 1.807) is 0 Å². The van der Waals surface area contributed by atoms with Crippen LogP contribution in [0.2, 0.25) is 0 Å². The normalized spacial score (nSPS) is 11.4. The van der Waals surface area contributed by atoms with E-state index >= 15 is 0 Å². The van der Waals surface area contributed by atoms with E-state index in [1.807, 2.05) is 0 Å². The molecule has 2 aromatic carbocycles. The van der Waals surface area contributed by atoms with Crippen LogP contribution in [0.3, 0.4) is 0 Å². The second kappa shape index (κ2) is 6.48. The molecule has 1 aromatic heterocycles. The molecule has 24 heavy (non-hydrogen) atoms. The molecule has 2 nitrogen and oxygen atoms in total. The molecule has 0 saturated heterocycles. The Balaban J connectivity index is 2.05. The molecule has 0 unspecified atom stereocenters. The molecular formula is C22H25N2+. The van der Waals surface area contributed by atoms with Crippen molar-refractivity contribution in [3.05, 3.63) is 70.9 Å². The smallest absolute Gasteiger partial charge is 0.212 e. The Labute approximate surface area is 144 Å². The van der Waals surface area contributed by atoms with Crippen molar-refractivity contribution in [2.45, 2.75) is 13.8 Å². The largest absolute Gasteiger partial charge is 0.378 e. The van der Waals surface area contributed by atoms with Crippen LogP contribution in [0.4, 0.5) is 5.69 Å². The van der Waals surface area contributed by atoms with E-state index < -0.39 is 0 Å². The van der Waals surface area contributed by atoms with Crippen LogP contribution in [-0.2, 0) is 7.05 Å². The van der Waals surface area contributed by atoms with Gasteiger partial charge in [-0.3, -0.25) is 0 Å².